The number of primary amides is 1. The van der Waals surface area contributed by atoms with Gasteiger partial charge >= 0.3 is 0 Å². The first-order valence-electron chi connectivity index (χ1n) is 6.82. The Morgan fingerprint density at radius 1 is 1.48 bits per heavy atom. The zero-order valence-electron chi connectivity index (χ0n) is 12.1. The number of halogens is 1. The van der Waals surface area contributed by atoms with Gasteiger partial charge in [0.1, 0.15) is 0 Å². The van der Waals surface area contributed by atoms with Gasteiger partial charge in [0, 0.05) is 23.3 Å². The van der Waals surface area contributed by atoms with E-state index in [-0.39, 0.29) is 0 Å². The number of rotatable bonds is 6. The molecule has 1 aromatic heterocycles. The number of hydrogen-bond donors (Lipinski definition) is 2. The Kier molecular flexibility index (Phi) is 4.98. The fraction of sp³-hybridized carbons (Fsp3) is 0.333. The van der Waals surface area contributed by atoms with Crippen LogP contribution in [0.3, 0.4) is 0 Å². The lowest BCUT2D eigenvalue weighted by Gasteiger charge is -2.13. The van der Waals surface area contributed by atoms with Gasteiger partial charge < -0.3 is 11.1 Å². The van der Waals surface area contributed by atoms with E-state index in [0.29, 0.717) is 23.0 Å². The molecule has 0 bridgehead atoms. The molecule has 1 amide bonds. The molecule has 21 heavy (non-hydrogen) atoms. The van der Waals surface area contributed by atoms with Crippen LogP contribution in [0.2, 0.25) is 5.02 Å². The van der Waals surface area contributed by atoms with Crippen LogP contribution in [0.4, 0.5) is 0 Å². The van der Waals surface area contributed by atoms with Crippen LogP contribution in [0.25, 0.3) is 5.69 Å². The van der Waals surface area contributed by atoms with E-state index in [0.717, 1.165) is 17.8 Å². The average Bonchev–Trinajstić information content (AvgIpc) is 2.90. The molecule has 0 atom stereocenters. The average molecular weight is 307 g/mol. The minimum Gasteiger partial charge on any atom is -0.366 e. The number of nitrogens with zero attached hydrogens (tertiary/aromatic N) is 2. The Labute approximate surface area is 129 Å². The highest BCUT2D eigenvalue weighted by Crippen LogP contribution is 2.23. The fourth-order valence-corrected chi connectivity index (χ4v) is 2.24. The Morgan fingerprint density at radius 2 is 2.24 bits per heavy atom. The highest BCUT2D eigenvalue weighted by atomic mass is 35.5. The van der Waals surface area contributed by atoms with E-state index in [4.69, 9.17) is 17.3 Å². The number of carbonyl (C=O) groups is 1. The largest absolute Gasteiger partial charge is 0.366 e. The minimum atomic E-state index is -0.497. The van der Waals surface area contributed by atoms with Crippen molar-refractivity contribution in [2.75, 3.05) is 6.54 Å². The van der Waals surface area contributed by atoms with Crippen molar-refractivity contribution < 1.29 is 4.79 Å². The van der Waals surface area contributed by atoms with Gasteiger partial charge in [-0.15, -0.1) is 0 Å². The number of amides is 1. The predicted octanol–water partition coefficient (Wildman–Crippen LogP) is 2.37. The van der Waals surface area contributed by atoms with Gasteiger partial charge in [-0.25, -0.2) is 4.68 Å². The van der Waals surface area contributed by atoms with Gasteiger partial charge in [-0.05, 0) is 24.6 Å². The molecule has 5 nitrogen and oxygen atoms in total. The third-order valence-corrected chi connectivity index (χ3v) is 3.42. The lowest BCUT2D eigenvalue weighted by Crippen LogP contribution is -2.20. The Hall–Kier alpha value is -1.85. The maximum Gasteiger partial charge on any atom is 0.251 e. The van der Waals surface area contributed by atoms with Crippen LogP contribution in [-0.4, -0.2) is 22.2 Å². The first-order valence-corrected chi connectivity index (χ1v) is 7.19. The predicted molar refractivity (Wildman–Crippen MR) is 83.6 cm³/mol. The second-order valence-corrected chi connectivity index (χ2v) is 5.71. The summed E-state index contributed by atoms with van der Waals surface area (Å²) in [5.41, 5.74) is 7.41. The van der Waals surface area contributed by atoms with E-state index in [2.05, 4.69) is 24.3 Å². The fourth-order valence-electron chi connectivity index (χ4n) is 2.00. The summed E-state index contributed by atoms with van der Waals surface area (Å²) in [4.78, 5) is 11.2. The lowest BCUT2D eigenvalue weighted by atomic mass is 10.1. The number of benzene rings is 1. The molecule has 6 heteroatoms. The van der Waals surface area contributed by atoms with Crippen LogP contribution in [0.1, 0.15) is 29.8 Å². The number of aromatic nitrogens is 2. The normalized spacial score (nSPS) is 11.0. The molecule has 2 rings (SSSR count). The summed E-state index contributed by atoms with van der Waals surface area (Å²) in [5, 5.41) is 8.21. The molecule has 0 fully saturated rings. The van der Waals surface area contributed by atoms with Gasteiger partial charge in [-0.2, -0.15) is 5.10 Å². The van der Waals surface area contributed by atoms with Gasteiger partial charge in [0.25, 0.3) is 5.91 Å². The molecule has 3 N–H and O–H groups in total. The molecular formula is C15H19ClN4O. The first-order chi connectivity index (χ1) is 9.99. The van der Waals surface area contributed by atoms with E-state index in [1.54, 1.807) is 10.9 Å². The standard InChI is InChI=1S/C15H19ClN4O/c1-10(2)6-18-8-12-13(16)4-3-5-14(12)20-9-11(7-19-20)15(17)21/h3-5,7,9-10,18H,6,8H2,1-2H3,(H2,17,21). The lowest BCUT2D eigenvalue weighted by molar-refractivity contribution is 0.100. The third kappa shape index (κ3) is 3.83. The zero-order chi connectivity index (χ0) is 15.4. The zero-order valence-corrected chi connectivity index (χ0v) is 12.9. The van der Waals surface area contributed by atoms with Crippen LogP contribution in [0.15, 0.2) is 30.6 Å². The summed E-state index contributed by atoms with van der Waals surface area (Å²) in [6, 6.07) is 5.61. The molecule has 1 heterocycles. The second kappa shape index (κ2) is 6.74. The van der Waals surface area contributed by atoms with Crippen molar-refractivity contribution in [3.8, 4) is 5.69 Å². The van der Waals surface area contributed by atoms with Crippen LogP contribution < -0.4 is 11.1 Å². The topological polar surface area (TPSA) is 72.9 Å². The van der Waals surface area contributed by atoms with Gasteiger partial charge in [0.15, 0.2) is 0 Å². The quantitative estimate of drug-likeness (QED) is 0.860. The summed E-state index contributed by atoms with van der Waals surface area (Å²) < 4.78 is 1.62. The summed E-state index contributed by atoms with van der Waals surface area (Å²) in [6.45, 7) is 5.83. The monoisotopic (exact) mass is 306 g/mol. The van der Waals surface area contributed by atoms with Gasteiger partial charge in [0.2, 0.25) is 0 Å². The summed E-state index contributed by atoms with van der Waals surface area (Å²) in [6.07, 6.45) is 3.06. The van der Waals surface area contributed by atoms with Crippen LogP contribution in [0, 0.1) is 5.92 Å². The van der Waals surface area contributed by atoms with Crippen molar-refractivity contribution in [2.45, 2.75) is 20.4 Å². The molecule has 0 saturated heterocycles. The molecule has 0 unspecified atom stereocenters. The highest BCUT2D eigenvalue weighted by molar-refractivity contribution is 6.31. The smallest absolute Gasteiger partial charge is 0.251 e. The van der Waals surface area contributed by atoms with Gasteiger partial charge in [-0.1, -0.05) is 31.5 Å². The second-order valence-electron chi connectivity index (χ2n) is 5.30. The molecule has 0 spiro atoms. The maximum absolute atomic E-state index is 11.2. The van der Waals surface area contributed by atoms with E-state index < -0.39 is 5.91 Å². The summed E-state index contributed by atoms with van der Waals surface area (Å²) in [7, 11) is 0. The van der Waals surface area contributed by atoms with Crippen LogP contribution in [-0.2, 0) is 6.54 Å². The molecular weight excluding hydrogens is 288 g/mol. The van der Waals surface area contributed by atoms with E-state index in [1.807, 2.05) is 18.2 Å². The van der Waals surface area contributed by atoms with Crippen molar-refractivity contribution in [3.63, 3.8) is 0 Å². The van der Waals surface area contributed by atoms with Crippen LogP contribution >= 0.6 is 11.6 Å². The van der Waals surface area contributed by atoms with Gasteiger partial charge in [0.05, 0.1) is 17.4 Å². The molecule has 1 aromatic carbocycles. The van der Waals surface area contributed by atoms with Crippen molar-refractivity contribution in [3.05, 3.63) is 46.7 Å². The molecule has 0 radical (unpaired) electrons. The van der Waals surface area contributed by atoms with E-state index >= 15 is 0 Å². The molecule has 2 aromatic rings. The first kappa shape index (κ1) is 15.5. The third-order valence-electron chi connectivity index (χ3n) is 3.06. The molecule has 112 valence electrons. The number of hydrogen-bond acceptors (Lipinski definition) is 3. The Bertz CT molecular complexity index is 636. The molecule has 0 aliphatic carbocycles. The van der Waals surface area contributed by atoms with E-state index in [9.17, 15) is 4.79 Å². The molecule has 0 aliphatic heterocycles. The maximum atomic E-state index is 11.2. The number of nitrogens with two attached hydrogens (primary N) is 1. The highest BCUT2D eigenvalue weighted by Gasteiger charge is 2.11. The number of carbonyl (C=O) groups excluding carboxylic acids is 1. The SMILES string of the molecule is CC(C)CNCc1c(Cl)cccc1-n1cc(C(N)=O)cn1. The molecule has 0 saturated carbocycles. The van der Waals surface area contributed by atoms with Crippen molar-refractivity contribution >= 4 is 17.5 Å². The van der Waals surface area contributed by atoms with E-state index in [1.165, 1.54) is 6.20 Å². The Morgan fingerprint density at radius 3 is 2.86 bits per heavy atom. The minimum absolute atomic E-state index is 0.371. The van der Waals surface area contributed by atoms with Crippen molar-refractivity contribution in [1.82, 2.24) is 15.1 Å². The van der Waals surface area contributed by atoms with Crippen molar-refractivity contribution in [1.29, 1.82) is 0 Å². The molecule has 0 aliphatic rings. The van der Waals surface area contributed by atoms with Gasteiger partial charge in [-0.3, -0.25) is 4.79 Å². The Balaban J connectivity index is 2.29. The number of nitrogens with one attached hydrogen (secondary N) is 1. The summed E-state index contributed by atoms with van der Waals surface area (Å²) >= 11 is 6.29. The summed E-state index contributed by atoms with van der Waals surface area (Å²) in [5.74, 6) is 0.0601. The van der Waals surface area contributed by atoms with Crippen molar-refractivity contribution in [2.24, 2.45) is 11.7 Å². The van der Waals surface area contributed by atoms with Crippen LogP contribution in [0.5, 0.6) is 0 Å².